The lowest BCUT2D eigenvalue weighted by Gasteiger charge is -2.33. The van der Waals surface area contributed by atoms with Gasteiger partial charge in [0.25, 0.3) is 0 Å². The highest BCUT2D eigenvalue weighted by Gasteiger charge is 2.28. The molecule has 0 heterocycles. The smallest absolute Gasteiger partial charge is 0.148 e. The van der Waals surface area contributed by atoms with Gasteiger partial charge in [-0.15, -0.1) is 0 Å². The monoisotopic (exact) mass is 247 g/mol. The maximum absolute atomic E-state index is 11.4. The van der Waals surface area contributed by atoms with Crippen LogP contribution in [0.2, 0.25) is 0 Å². The van der Waals surface area contributed by atoms with Gasteiger partial charge in [0.05, 0.1) is 5.75 Å². The topological polar surface area (TPSA) is 46.2 Å². The predicted molar refractivity (Wildman–Crippen MR) is 68.3 cm³/mol. The number of sulfone groups is 1. The predicted octanol–water partition coefficient (Wildman–Crippen LogP) is 1.84. The van der Waals surface area contributed by atoms with Crippen molar-refractivity contribution >= 4 is 9.84 Å². The summed E-state index contributed by atoms with van der Waals surface area (Å²) in [7, 11) is -0.991. The molecule has 1 saturated carbocycles. The minimum atomic E-state index is -2.87. The van der Waals surface area contributed by atoms with Crippen molar-refractivity contribution in [1.82, 2.24) is 5.32 Å². The molecule has 0 spiro atoms. The van der Waals surface area contributed by atoms with Crippen molar-refractivity contribution in [2.75, 3.05) is 19.1 Å². The standard InChI is InChI=1S/C12H25NO2S/c1-4-10-6-5-7-11(8-10)12(13-2)9-16(3,14)15/h10-13H,4-9H2,1-3H3. The average molecular weight is 247 g/mol. The Balaban J connectivity index is 2.58. The second-order valence-corrected chi connectivity index (χ2v) is 7.37. The fraction of sp³-hybridized carbons (Fsp3) is 1.00. The summed E-state index contributed by atoms with van der Waals surface area (Å²) in [6.45, 7) is 2.23. The van der Waals surface area contributed by atoms with Crippen LogP contribution in [0.15, 0.2) is 0 Å². The number of hydrogen-bond donors (Lipinski definition) is 1. The minimum Gasteiger partial charge on any atom is -0.316 e. The van der Waals surface area contributed by atoms with Gasteiger partial charge in [0.2, 0.25) is 0 Å². The third kappa shape index (κ3) is 4.42. The molecule has 3 unspecified atom stereocenters. The molecule has 0 aromatic heterocycles. The van der Waals surface area contributed by atoms with Crippen LogP contribution in [0.5, 0.6) is 0 Å². The van der Waals surface area contributed by atoms with E-state index in [0.717, 1.165) is 5.92 Å². The molecule has 1 aliphatic rings. The van der Waals surface area contributed by atoms with Gasteiger partial charge in [-0.25, -0.2) is 8.42 Å². The molecule has 0 amide bonds. The molecular formula is C12H25NO2S. The third-order valence-electron chi connectivity index (χ3n) is 3.82. The Labute approximate surface area is 99.9 Å². The average Bonchev–Trinajstić information content (AvgIpc) is 2.25. The quantitative estimate of drug-likeness (QED) is 0.806. The van der Waals surface area contributed by atoms with Crippen LogP contribution in [-0.4, -0.2) is 33.5 Å². The zero-order valence-corrected chi connectivity index (χ0v) is 11.5. The first-order valence-corrected chi connectivity index (χ1v) is 8.37. The van der Waals surface area contributed by atoms with Crippen molar-refractivity contribution in [3.05, 3.63) is 0 Å². The largest absolute Gasteiger partial charge is 0.316 e. The Morgan fingerprint density at radius 1 is 1.38 bits per heavy atom. The molecule has 4 heteroatoms. The highest BCUT2D eigenvalue weighted by molar-refractivity contribution is 7.90. The molecule has 3 atom stereocenters. The lowest BCUT2D eigenvalue weighted by atomic mass is 9.77. The summed E-state index contributed by atoms with van der Waals surface area (Å²) in [5, 5.41) is 3.19. The Bertz CT molecular complexity index is 300. The van der Waals surface area contributed by atoms with Gasteiger partial charge in [0, 0.05) is 12.3 Å². The molecule has 0 saturated heterocycles. The first-order valence-electron chi connectivity index (χ1n) is 6.31. The molecule has 0 aromatic rings. The van der Waals surface area contributed by atoms with Gasteiger partial charge >= 0.3 is 0 Å². The van der Waals surface area contributed by atoms with Gasteiger partial charge in [-0.1, -0.05) is 26.2 Å². The second-order valence-electron chi connectivity index (χ2n) is 5.19. The van der Waals surface area contributed by atoms with Crippen LogP contribution in [-0.2, 0) is 9.84 Å². The Kier molecular flexibility index (Phi) is 5.25. The van der Waals surface area contributed by atoms with E-state index in [4.69, 9.17) is 0 Å². The molecule has 1 fully saturated rings. The molecule has 3 nitrogen and oxygen atoms in total. The van der Waals surface area contributed by atoms with Gasteiger partial charge < -0.3 is 5.32 Å². The zero-order chi connectivity index (χ0) is 12.2. The summed E-state index contributed by atoms with van der Waals surface area (Å²) in [6, 6.07) is 0.143. The number of rotatable bonds is 5. The molecule has 1 N–H and O–H groups in total. The van der Waals surface area contributed by atoms with E-state index in [1.165, 1.54) is 38.4 Å². The fourth-order valence-corrected chi connectivity index (χ4v) is 3.94. The second kappa shape index (κ2) is 6.01. The minimum absolute atomic E-state index is 0.143. The Morgan fingerprint density at radius 2 is 2.06 bits per heavy atom. The molecule has 0 bridgehead atoms. The van der Waals surface area contributed by atoms with E-state index in [9.17, 15) is 8.42 Å². The first kappa shape index (κ1) is 14.0. The van der Waals surface area contributed by atoms with Crippen LogP contribution in [0.4, 0.5) is 0 Å². The first-order chi connectivity index (χ1) is 7.46. The van der Waals surface area contributed by atoms with Crippen LogP contribution in [0.25, 0.3) is 0 Å². The Hall–Kier alpha value is -0.0900. The SMILES string of the molecule is CCC1CCCC(C(CS(C)(=O)=O)NC)C1. The zero-order valence-electron chi connectivity index (χ0n) is 10.7. The molecule has 0 aromatic carbocycles. The molecule has 1 aliphatic carbocycles. The fourth-order valence-electron chi connectivity index (χ4n) is 2.85. The van der Waals surface area contributed by atoms with E-state index in [2.05, 4.69) is 12.2 Å². The van der Waals surface area contributed by atoms with Crippen molar-refractivity contribution in [3.8, 4) is 0 Å². The van der Waals surface area contributed by atoms with E-state index >= 15 is 0 Å². The number of hydrogen-bond acceptors (Lipinski definition) is 3. The van der Waals surface area contributed by atoms with Gasteiger partial charge in [-0.2, -0.15) is 0 Å². The summed E-state index contributed by atoms with van der Waals surface area (Å²) in [5.41, 5.74) is 0. The van der Waals surface area contributed by atoms with Crippen molar-refractivity contribution < 1.29 is 8.42 Å². The highest BCUT2D eigenvalue weighted by atomic mass is 32.2. The third-order valence-corrected chi connectivity index (χ3v) is 4.79. The van der Waals surface area contributed by atoms with Crippen molar-refractivity contribution in [2.45, 2.75) is 45.1 Å². The molecular weight excluding hydrogens is 222 g/mol. The van der Waals surface area contributed by atoms with E-state index in [1.54, 1.807) is 0 Å². The van der Waals surface area contributed by atoms with Crippen LogP contribution in [0, 0.1) is 11.8 Å². The van der Waals surface area contributed by atoms with Crippen LogP contribution >= 0.6 is 0 Å². The summed E-state index contributed by atoms with van der Waals surface area (Å²) in [4.78, 5) is 0. The lowest BCUT2D eigenvalue weighted by Crippen LogP contribution is -2.41. The van der Waals surface area contributed by atoms with E-state index in [1.807, 2.05) is 7.05 Å². The normalized spacial score (nSPS) is 28.9. The molecule has 0 aliphatic heterocycles. The maximum atomic E-state index is 11.4. The van der Waals surface area contributed by atoms with E-state index in [-0.39, 0.29) is 11.8 Å². The number of nitrogens with one attached hydrogen (secondary N) is 1. The summed E-state index contributed by atoms with van der Waals surface area (Å²) >= 11 is 0. The molecule has 16 heavy (non-hydrogen) atoms. The van der Waals surface area contributed by atoms with E-state index < -0.39 is 9.84 Å². The van der Waals surface area contributed by atoms with Crippen LogP contribution < -0.4 is 5.32 Å². The highest BCUT2D eigenvalue weighted by Crippen LogP contribution is 2.33. The summed E-state index contributed by atoms with van der Waals surface area (Å²) < 4.78 is 22.7. The molecule has 96 valence electrons. The van der Waals surface area contributed by atoms with Crippen molar-refractivity contribution in [1.29, 1.82) is 0 Å². The summed E-state index contributed by atoms with van der Waals surface area (Å²) in [6.07, 6.45) is 7.51. The lowest BCUT2D eigenvalue weighted by molar-refractivity contribution is 0.222. The van der Waals surface area contributed by atoms with Crippen molar-refractivity contribution in [2.24, 2.45) is 11.8 Å². The van der Waals surface area contributed by atoms with Crippen LogP contribution in [0.3, 0.4) is 0 Å². The van der Waals surface area contributed by atoms with Crippen molar-refractivity contribution in [3.63, 3.8) is 0 Å². The molecule has 1 rings (SSSR count). The van der Waals surface area contributed by atoms with E-state index in [0.29, 0.717) is 5.92 Å². The molecule has 0 radical (unpaired) electrons. The summed E-state index contributed by atoms with van der Waals surface area (Å²) in [5.74, 6) is 1.62. The van der Waals surface area contributed by atoms with Gasteiger partial charge in [0.1, 0.15) is 9.84 Å². The maximum Gasteiger partial charge on any atom is 0.148 e. The van der Waals surface area contributed by atoms with Crippen LogP contribution in [0.1, 0.15) is 39.0 Å². The van der Waals surface area contributed by atoms with Gasteiger partial charge in [-0.3, -0.25) is 0 Å². The van der Waals surface area contributed by atoms with Gasteiger partial charge in [0.15, 0.2) is 0 Å². The Morgan fingerprint density at radius 3 is 2.56 bits per heavy atom. The van der Waals surface area contributed by atoms with Gasteiger partial charge in [-0.05, 0) is 31.7 Å².